The van der Waals surface area contributed by atoms with Crippen molar-refractivity contribution in [1.82, 2.24) is 0 Å². The topological polar surface area (TPSA) is 9.23 Å². The molecular formula is C16H29OP. The van der Waals surface area contributed by atoms with Gasteiger partial charge in [-0.05, 0) is 37.8 Å². The number of hydrogen-bond donors (Lipinski definition) is 0. The molecule has 104 valence electrons. The summed E-state index contributed by atoms with van der Waals surface area (Å²) in [5.41, 5.74) is 2.12. The van der Waals surface area contributed by atoms with Crippen molar-refractivity contribution in [2.45, 2.75) is 72.1 Å². The van der Waals surface area contributed by atoms with Crippen LogP contribution in [0.1, 0.15) is 61.3 Å². The molecule has 0 saturated carbocycles. The van der Waals surface area contributed by atoms with E-state index in [-0.39, 0.29) is 8.15 Å². The summed E-state index contributed by atoms with van der Waals surface area (Å²) < 4.78 is 6.28. The van der Waals surface area contributed by atoms with Crippen LogP contribution in [0.4, 0.5) is 0 Å². The van der Waals surface area contributed by atoms with Gasteiger partial charge in [-0.1, -0.05) is 47.1 Å². The first-order chi connectivity index (χ1) is 8.32. The Morgan fingerprint density at radius 2 is 1.94 bits per heavy atom. The van der Waals surface area contributed by atoms with Crippen molar-refractivity contribution >= 4 is 8.15 Å². The Labute approximate surface area is 115 Å². The molecule has 0 amide bonds. The number of hydrogen-bond acceptors (Lipinski definition) is 1. The van der Waals surface area contributed by atoms with Crippen LogP contribution in [-0.4, -0.2) is 10.8 Å². The quantitative estimate of drug-likeness (QED) is 0.333. The fraction of sp³-hybridized carbons (Fsp3) is 0.750. The third-order valence-corrected chi connectivity index (χ3v) is 7.12. The minimum Gasteiger partial charge on any atom is -0.474 e. The summed E-state index contributed by atoms with van der Waals surface area (Å²) in [5.74, 6) is 1.70. The summed E-state index contributed by atoms with van der Waals surface area (Å²) >= 11 is 0. The van der Waals surface area contributed by atoms with Crippen molar-refractivity contribution in [3.05, 3.63) is 23.5 Å². The molecule has 0 aromatic heterocycles. The molecule has 1 rings (SSSR count). The Hall–Kier alpha value is -0.290. The molecule has 0 spiro atoms. The Morgan fingerprint density at radius 3 is 2.33 bits per heavy atom. The van der Waals surface area contributed by atoms with Gasteiger partial charge in [-0.3, -0.25) is 0 Å². The van der Waals surface area contributed by atoms with Crippen LogP contribution in [0.2, 0.25) is 0 Å². The summed E-state index contributed by atoms with van der Waals surface area (Å²) in [6.45, 7) is 15.8. The predicted octanol–water partition coefficient (Wildman–Crippen LogP) is 5.87. The van der Waals surface area contributed by atoms with Gasteiger partial charge >= 0.3 is 0 Å². The van der Waals surface area contributed by atoms with Crippen molar-refractivity contribution in [1.29, 1.82) is 0 Å². The van der Waals surface area contributed by atoms with Gasteiger partial charge < -0.3 is 4.52 Å². The normalized spacial score (nSPS) is 29.1. The molecule has 0 aromatic carbocycles. The second-order valence-electron chi connectivity index (χ2n) is 6.05. The average molecular weight is 268 g/mol. The first-order valence-electron chi connectivity index (χ1n) is 7.19. The first kappa shape index (κ1) is 15.8. The molecule has 1 nitrogen and oxygen atoms in total. The second-order valence-corrected chi connectivity index (χ2v) is 8.81. The molecule has 0 radical (unpaired) electrons. The fourth-order valence-corrected chi connectivity index (χ4v) is 3.96. The van der Waals surface area contributed by atoms with Gasteiger partial charge in [0.05, 0.1) is 8.15 Å². The maximum atomic E-state index is 6.28. The summed E-state index contributed by atoms with van der Waals surface area (Å²) in [6, 6.07) is 0. The molecular weight excluding hydrogens is 239 g/mol. The molecule has 0 aliphatic carbocycles. The van der Waals surface area contributed by atoms with E-state index in [0.29, 0.717) is 11.1 Å². The summed E-state index contributed by atoms with van der Waals surface area (Å²) in [4.78, 5) is 0. The lowest BCUT2D eigenvalue weighted by atomic mass is 10.1. The van der Waals surface area contributed by atoms with Gasteiger partial charge in [-0.15, -0.1) is 0 Å². The van der Waals surface area contributed by atoms with E-state index in [1.165, 1.54) is 12.0 Å². The van der Waals surface area contributed by atoms with Crippen LogP contribution in [-0.2, 0) is 4.52 Å². The van der Waals surface area contributed by atoms with Crippen LogP contribution < -0.4 is 0 Å². The zero-order valence-corrected chi connectivity index (χ0v) is 14.0. The lowest BCUT2D eigenvalue weighted by molar-refractivity contribution is 0.487. The molecule has 1 aliphatic rings. The molecule has 3 atom stereocenters. The molecule has 1 aliphatic heterocycles. The van der Waals surface area contributed by atoms with Crippen LogP contribution in [0.5, 0.6) is 0 Å². The molecule has 1 fully saturated rings. The predicted molar refractivity (Wildman–Crippen MR) is 83.1 cm³/mol. The van der Waals surface area contributed by atoms with Crippen LogP contribution in [0.25, 0.3) is 0 Å². The minimum absolute atomic E-state index is 0.278. The van der Waals surface area contributed by atoms with E-state index in [0.717, 1.165) is 17.8 Å². The van der Waals surface area contributed by atoms with E-state index >= 15 is 0 Å². The fourth-order valence-electron chi connectivity index (χ4n) is 1.80. The van der Waals surface area contributed by atoms with E-state index in [4.69, 9.17) is 4.52 Å². The highest BCUT2D eigenvalue weighted by Crippen LogP contribution is 2.76. The monoisotopic (exact) mass is 268 g/mol. The van der Waals surface area contributed by atoms with Crippen molar-refractivity contribution in [2.24, 2.45) is 5.92 Å². The molecule has 0 bridgehead atoms. The van der Waals surface area contributed by atoms with Crippen LogP contribution in [0.3, 0.4) is 0 Å². The lowest BCUT2D eigenvalue weighted by Crippen LogP contribution is -1.97. The van der Waals surface area contributed by atoms with Crippen molar-refractivity contribution < 1.29 is 4.52 Å². The van der Waals surface area contributed by atoms with Gasteiger partial charge in [-0.2, -0.15) is 0 Å². The Morgan fingerprint density at radius 1 is 1.39 bits per heavy atom. The minimum atomic E-state index is -0.278. The van der Waals surface area contributed by atoms with E-state index in [1.54, 1.807) is 0 Å². The van der Waals surface area contributed by atoms with Crippen LogP contribution in [0, 0.1) is 5.92 Å². The van der Waals surface area contributed by atoms with E-state index < -0.39 is 0 Å². The Balaban J connectivity index is 2.77. The van der Waals surface area contributed by atoms with Gasteiger partial charge in [0.1, 0.15) is 5.76 Å². The van der Waals surface area contributed by atoms with Gasteiger partial charge in [0.25, 0.3) is 0 Å². The zero-order valence-electron chi connectivity index (χ0n) is 13.1. The molecule has 1 heterocycles. The SMILES string of the molecule is CC/C(C)=C\C(=C/C(C)CC)OP1C(C)C1(C)C. The largest absolute Gasteiger partial charge is 0.474 e. The van der Waals surface area contributed by atoms with Gasteiger partial charge in [0.2, 0.25) is 0 Å². The average Bonchev–Trinajstić information content (AvgIpc) is 2.78. The Kier molecular flexibility index (Phi) is 5.46. The number of rotatable bonds is 6. The zero-order chi connectivity index (χ0) is 13.9. The molecule has 0 aromatic rings. The van der Waals surface area contributed by atoms with E-state index in [9.17, 15) is 0 Å². The van der Waals surface area contributed by atoms with Crippen molar-refractivity contribution in [2.75, 3.05) is 0 Å². The maximum absolute atomic E-state index is 6.28. The third kappa shape index (κ3) is 3.85. The standard InChI is InChI=1S/C16H29OP/c1-8-12(3)10-15(11-13(4)9-2)17-18-14(5)16(18,6)7/h10-12,14H,8-9H2,1-7H3/b13-11-,15-10+. The Bertz CT molecular complexity index is 341. The summed E-state index contributed by atoms with van der Waals surface area (Å²) in [6.07, 6.45) is 6.79. The van der Waals surface area contributed by atoms with Crippen LogP contribution >= 0.6 is 8.15 Å². The van der Waals surface area contributed by atoms with Crippen LogP contribution in [0.15, 0.2) is 23.5 Å². The second kappa shape index (κ2) is 6.24. The van der Waals surface area contributed by atoms with Gasteiger partial charge in [0, 0.05) is 10.8 Å². The van der Waals surface area contributed by atoms with Crippen molar-refractivity contribution in [3.8, 4) is 0 Å². The molecule has 18 heavy (non-hydrogen) atoms. The van der Waals surface area contributed by atoms with Gasteiger partial charge in [-0.25, -0.2) is 0 Å². The van der Waals surface area contributed by atoms with E-state index in [1.807, 2.05) is 0 Å². The highest BCUT2D eigenvalue weighted by Gasteiger charge is 2.58. The molecule has 0 N–H and O–H groups in total. The van der Waals surface area contributed by atoms with E-state index in [2.05, 4.69) is 60.6 Å². The first-order valence-corrected chi connectivity index (χ1v) is 8.52. The molecule has 1 saturated heterocycles. The maximum Gasteiger partial charge on any atom is 0.119 e. The molecule has 3 unspecified atom stereocenters. The smallest absolute Gasteiger partial charge is 0.119 e. The van der Waals surface area contributed by atoms with Crippen molar-refractivity contribution in [3.63, 3.8) is 0 Å². The highest BCUT2D eigenvalue weighted by atomic mass is 31.2. The summed E-state index contributed by atoms with van der Waals surface area (Å²) in [7, 11) is -0.278. The number of allylic oxidation sites excluding steroid dienone is 3. The molecule has 2 heteroatoms. The summed E-state index contributed by atoms with van der Waals surface area (Å²) in [5, 5.41) is 0.401. The van der Waals surface area contributed by atoms with Gasteiger partial charge in [0.15, 0.2) is 0 Å². The highest BCUT2D eigenvalue weighted by molar-refractivity contribution is 7.63. The lowest BCUT2D eigenvalue weighted by Gasteiger charge is -2.11. The third-order valence-electron chi connectivity index (χ3n) is 4.12.